The van der Waals surface area contributed by atoms with Crippen molar-refractivity contribution in [2.45, 2.75) is 26.9 Å². The number of rotatable bonds is 6. The number of nitrogens with one attached hydrogen (secondary N) is 1. The molecule has 0 aliphatic carbocycles. The highest BCUT2D eigenvalue weighted by atomic mass is 16.5. The summed E-state index contributed by atoms with van der Waals surface area (Å²) in [5.74, 6) is 1.08. The fourth-order valence-electron chi connectivity index (χ4n) is 1.92. The zero-order valence-electron chi connectivity index (χ0n) is 12.2. The lowest BCUT2D eigenvalue weighted by Crippen LogP contribution is -2.24. The number of nitrogen functional groups attached to an aromatic ring is 1. The van der Waals surface area contributed by atoms with Gasteiger partial charge in [0.15, 0.2) is 5.82 Å². The lowest BCUT2D eigenvalue weighted by molar-refractivity contribution is 0.0949. The molecule has 1 amide bonds. The van der Waals surface area contributed by atoms with Crippen LogP contribution in [0.1, 0.15) is 30.0 Å². The summed E-state index contributed by atoms with van der Waals surface area (Å²) in [6.45, 7) is 5.47. The average molecular weight is 289 g/mol. The molecule has 21 heavy (non-hydrogen) atoms. The number of ether oxygens (including phenoxy) is 1. The van der Waals surface area contributed by atoms with Crippen LogP contribution in [0.2, 0.25) is 0 Å². The standard InChI is InChI=1S/C14H19N5O2/c1-3-19-9-17-18-13(19)8-16-14(20)10-5-6-12(21-4-2)11(15)7-10/h5-7,9H,3-4,8,15H2,1-2H3,(H,16,20). The van der Waals surface area contributed by atoms with Crippen molar-refractivity contribution in [1.29, 1.82) is 0 Å². The number of aryl methyl sites for hydroxylation is 1. The smallest absolute Gasteiger partial charge is 0.251 e. The van der Waals surface area contributed by atoms with Crippen LogP contribution in [0.3, 0.4) is 0 Å². The molecule has 0 aliphatic heterocycles. The summed E-state index contributed by atoms with van der Waals surface area (Å²) >= 11 is 0. The normalized spacial score (nSPS) is 10.4. The number of carbonyl (C=O) groups excluding carboxylic acids is 1. The van der Waals surface area contributed by atoms with Crippen molar-refractivity contribution in [2.75, 3.05) is 12.3 Å². The van der Waals surface area contributed by atoms with Crippen LogP contribution in [0, 0.1) is 0 Å². The van der Waals surface area contributed by atoms with Crippen LogP contribution in [-0.2, 0) is 13.1 Å². The van der Waals surface area contributed by atoms with Crippen LogP contribution in [0.25, 0.3) is 0 Å². The van der Waals surface area contributed by atoms with Gasteiger partial charge in [0.1, 0.15) is 12.1 Å². The van der Waals surface area contributed by atoms with E-state index in [4.69, 9.17) is 10.5 Å². The minimum absolute atomic E-state index is 0.213. The van der Waals surface area contributed by atoms with Crippen molar-refractivity contribution in [1.82, 2.24) is 20.1 Å². The second kappa shape index (κ2) is 6.74. The Labute approximate surface area is 123 Å². The maximum absolute atomic E-state index is 12.1. The number of amides is 1. The van der Waals surface area contributed by atoms with Gasteiger partial charge in [0.05, 0.1) is 18.8 Å². The van der Waals surface area contributed by atoms with Crippen molar-refractivity contribution in [3.8, 4) is 5.75 Å². The lowest BCUT2D eigenvalue weighted by Gasteiger charge is -2.09. The maximum Gasteiger partial charge on any atom is 0.251 e. The van der Waals surface area contributed by atoms with Crippen molar-refractivity contribution < 1.29 is 9.53 Å². The first kappa shape index (κ1) is 14.8. The molecule has 0 fully saturated rings. The van der Waals surface area contributed by atoms with E-state index in [1.165, 1.54) is 0 Å². The van der Waals surface area contributed by atoms with Gasteiger partial charge in [0.25, 0.3) is 5.91 Å². The zero-order chi connectivity index (χ0) is 15.2. The van der Waals surface area contributed by atoms with E-state index >= 15 is 0 Å². The largest absolute Gasteiger partial charge is 0.492 e. The van der Waals surface area contributed by atoms with Gasteiger partial charge >= 0.3 is 0 Å². The highest BCUT2D eigenvalue weighted by Gasteiger charge is 2.10. The Morgan fingerprint density at radius 2 is 2.24 bits per heavy atom. The van der Waals surface area contributed by atoms with Gasteiger partial charge in [-0.1, -0.05) is 0 Å². The third-order valence-electron chi connectivity index (χ3n) is 3.02. The SMILES string of the molecule is CCOc1ccc(C(=O)NCc2nncn2CC)cc1N. The number of carbonyl (C=O) groups is 1. The number of nitrogens with zero attached hydrogens (tertiary/aromatic N) is 3. The molecule has 0 bridgehead atoms. The average Bonchev–Trinajstić information content (AvgIpc) is 2.94. The summed E-state index contributed by atoms with van der Waals surface area (Å²) in [6.07, 6.45) is 1.64. The van der Waals surface area contributed by atoms with Crippen molar-refractivity contribution in [2.24, 2.45) is 0 Å². The van der Waals surface area contributed by atoms with Crippen LogP contribution in [0.5, 0.6) is 5.75 Å². The molecule has 7 nitrogen and oxygen atoms in total. The number of hydrogen-bond donors (Lipinski definition) is 2. The van der Waals surface area contributed by atoms with E-state index in [1.54, 1.807) is 24.5 Å². The fourth-order valence-corrected chi connectivity index (χ4v) is 1.92. The predicted octanol–water partition coefficient (Wildman–Crippen LogP) is 1.21. The van der Waals surface area contributed by atoms with Crippen LogP contribution >= 0.6 is 0 Å². The molecule has 1 aromatic carbocycles. The minimum atomic E-state index is -0.213. The molecule has 2 rings (SSSR count). The second-order valence-corrected chi connectivity index (χ2v) is 4.40. The van der Waals surface area contributed by atoms with Crippen LogP contribution in [0.4, 0.5) is 5.69 Å². The van der Waals surface area contributed by atoms with Gasteiger partial charge in [0, 0.05) is 12.1 Å². The maximum atomic E-state index is 12.1. The fraction of sp³-hybridized carbons (Fsp3) is 0.357. The van der Waals surface area contributed by atoms with Crippen LogP contribution in [-0.4, -0.2) is 27.3 Å². The van der Waals surface area contributed by atoms with Gasteiger partial charge in [-0.3, -0.25) is 4.79 Å². The zero-order valence-corrected chi connectivity index (χ0v) is 12.2. The van der Waals surface area contributed by atoms with E-state index in [-0.39, 0.29) is 5.91 Å². The molecular formula is C14H19N5O2. The molecule has 0 unspecified atom stereocenters. The quantitative estimate of drug-likeness (QED) is 0.779. The molecule has 0 saturated carbocycles. The third kappa shape index (κ3) is 3.50. The van der Waals surface area contributed by atoms with Gasteiger partial charge in [-0.25, -0.2) is 0 Å². The predicted molar refractivity (Wildman–Crippen MR) is 78.9 cm³/mol. The summed E-state index contributed by atoms with van der Waals surface area (Å²) in [6, 6.07) is 4.98. The number of aromatic nitrogens is 3. The Balaban J connectivity index is 2.02. The first-order valence-electron chi connectivity index (χ1n) is 6.82. The molecule has 2 aromatic rings. The molecular weight excluding hydrogens is 270 g/mol. The van der Waals surface area contributed by atoms with Gasteiger partial charge in [0.2, 0.25) is 0 Å². The first-order chi connectivity index (χ1) is 10.2. The Morgan fingerprint density at radius 3 is 2.90 bits per heavy atom. The third-order valence-corrected chi connectivity index (χ3v) is 3.02. The molecule has 7 heteroatoms. The molecule has 0 atom stereocenters. The van der Waals surface area contributed by atoms with E-state index in [0.717, 1.165) is 6.54 Å². The summed E-state index contributed by atoms with van der Waals surface area (Å²) in [5, 5.41) is 10.6. The Morgan fingerprint density at radius 1 is 1.43 bits per heavy atom. The van der Waals surface area contributed by atoms with Crippen LogP contribution < -0.4 is 15.8 Å². The number of benzene rings is 1. The Kier molecular flexibility index (Phi) is 4.76. The molecule has 112 valence electrons. The van der Waals surface area contributed by atoms with E-state index in [9.17, 15) is 4.79 Å². The summed E-state index contributed by atoms with van der Waals surface area (Å²) in [7, 11) is 0. The second-order valence-electron chi connectivity index (χ2n) is 4.40. The van der Waals surface area contributed by atoms with Gasteiger partial charge < -0.3 is 20.4 Å². The molecule has 0 spiro atoms. The number of hydrogen-bond acceptors (Lipinski definition) is 5. The van der Waals surface area contributed by atoms with Crippen molar-refractivity contribution in [3.63, 3.8) is 0 Å². The van der Waals surface area contributed by atoms with Crippen LogP contribution in [0.15, 0.2) is 24.5 Å². The van der Waals surface area contributed by atoms with E-state index in [2.05, 4.69) is 15.5 Å². The molecule has 0 aliphatic rings. The lowest BCUT2D eigenvalue weighted by atomic mass is 10.1. The van der Waals surface area contributed by atoms with Crippen molar-refractivity contribution in [3.05, 3.63) is 35.9 Å². The topological polar surface area (TPSA) is 95.1 Å². The van der Waals surface area contributed by atoms with Gasteiger partial charge in [-0.05, 0) is 32.0 Å². The summed E-state index contributed by atoms with van der Waals surface area (Å²) in [4.78, 5) is 12.1. The summed E-state index contributed by atoms with van der Waals surface area (Å²) < 4.78 is 7.21. The van der Waals surface area contributed by atoms with Gasteiger partial charge in [-0.15, -0.1) is 10.2 Å². The van der Waals surface area contributed by atoms with Gasteiger partial charge in [-0.2, -0.15) is 0 Å². The molecule has 1 heterocycles. The first-order valence-corrected chi connectivity index (χ1v) is 6.82. The van der Waals surface area contributed by atoms with E-state index in [0.29, 0.717) is 36.0 Å². The highest BCUT2D eigenvalue weighted by Crippen LogP contribution is 2.22. The molecule has 3 N–H and O–H groups in total. The Hall–Kier alpha value is -2.57. The molecule has 1 aromatic heterocycles. The number of nitrogens with two attached hydrogens (primary N) is 1. The van der Waals surface area contributed by atoms with E-state index in [1.807, 2.05) is 18.4 Å². The minimum Gasteiger partial charge on any atom is -0.492 e. The Bertz CT molecular complexity index is 624. The highest BCUT2D eigenvalue weighted by molar-refractivity contribution is 5.95. The number of anilines is 1. The molecule has 0 saturated heterocycles. The van der Waals surface area contributed by atoms with Crippen molar-refractivity contribution >= 4 is 11.6 Å². The summed E-state index contributed by atoms with van der Waals surface area (Å²) in [5.41, 5.74) is 6.78. The monoisotopic (exact) mass is 289 g/mol. The molecule has 0 radical (unpaired) electrons. The van der Waals surface area contributed by atoms with E-state index < -0.39 is 0 Å².